The summed E-state index contributed by atoms with van der Waals surface area (Å²) in [5, 5.41) is 0. The Bertz CT molecular complexity index is 370. The Hall–Kier alpha value is -0.380. The second kappa shape index (κ2) is 8.81. The lowest BCUT2D eigenvalue weighted by Crippen LogP contribution is -2.27. The average molecular weight is 297 g/mol. The molecule has 1 heterocycles. The first-order valence-corrected chi connectivity index (χ1v) is 8.74. The Morgan fingerprint density at radius 1 is 1.10 bits per heavy atom. The molecule has 2 N–H and O–H groups in total. The van der Waals surface area contributed by atoms with Crippen molar-refractivity contribution < 1.29 is 0 Å². The number of nitrogens with two attached hydrogens (primary N) is 1. The summed E-state index contributed by atoms with van der Waals surface area (Å²) < 4.78 is 0. The highest BCUT2D eigenvalue weighted by atomic mass is 32.1. The molecule has 0 bridgehead atoms. The van der Waals surface area contributed by atoms with Gasteiger partial charge in [-0.2, -0.15) is 0 Å². The smallest absolute Gasteiger partial charge is 0.0274 e. The van der Waals surface area contributed by atoms with Crippen molar-refractivity contribution in [1.29, 1.82) is 0 Å². The van der Waals surface area contributed by atoms with Crippen molar-refractivity contribution in [1.82, 2.24) is 4.90 Å². The van der Waals surface area contributed by atoms with Gasteiger partial charge in [0.1, 0.15) is 0 Å². The van der Waals surface area contributed by atoms with Crippen molar-refractivity contribution in [2.24, 2.45) is 17.6 Å². The Morgan fingerprint density at radius 3 is 2.05 bits per heavy atom. The molecule has 0 amide bonds. The van der Waals surface area contributed by atoms with E-state index in [2.05, 4.69) is 45.6 Å². The molecule has 0 saturated carbocycles. The molecule has 0 aliphatic heterocycles. The normalized spacial score (nSPS) is 12.1. The molecule has 0 aromatic carbocycles. The summed E-state index contributed by atoms with van der Waals surface area (Å²) in [6.07, 6.45) is 2.57. The van der Waals surface area contributed by atoms with Gasteiger partial charge in [-0.3, -0.25) is 4.90 Å². The highest BCUT2D eigenvalue weighted by Gasteiger charge is 2.12. The summed E-state index contributed by atoms with van der Waals surface area (Å²) in [7, 11) is 0. The minimum absolute atomic E-state index is 0.670. The van der Waals surface area contributed by atoms with Crippen LogP contribution in [0, 0.1) is 18.8 Å². The van der Waals surface area contributed by atoms with E-state index in [0.717, 1.165) is 18.4 Å². The fourth-order valence-electron chi connectivity index (χ4n) is 2.24. The summed E-state index contributed by atoms with van der Waals surface area (Å²) in [6.45, 7) is 15.6. The molecule has 0 spiro atoms. The van der Waals surface area contributed by atoms with Gasteiger partial charge in [-0.05, 0) is 56.3 Å². The zero-order chi connectivity index (χ0) is 15.1. The third-order valence-corrected chi connectivity index (χ3v) is 4.83. The first-order valence-electron chi connectivity index (χ1n) is 7.93. The van der Waals surface area contributed by atoms with Crippen LogP contribution < -0.4 is 5.73 Å². The molecule has 0 aliphatic rings. The van der Waals surface area contributed by atoms with Crippen LogP contribution in [-0.4, -0.2) is 18.0 Å². The molecule has 1 aromatic heterocycles. The zero-order valence-electron chi connectivity index (χ0n) is 13.9. The van der Waals surface area contributed by atoms with Crippen molar-refractivity contribution in [2.75, 3.05) is 13.1 Å². The summed E-state index contributed by atoms with van der Waals surface area (Å²) >= 11 is 1.85. The molecule has 0 radical (unpaired) electrons. The van der Waals surface area contributed by atoms with E-state index >= 15 is 0 Å². The molecule has 0 aliphatic carbocycles. The van der Waals surface area contributed by atoms with Gasteiger partial charge in [0.15, 0.2) is 0 Å². The maximum absolute atomic E-state index is 5.76. The van der Waals surface area contributed by atoms with E-state index in [1.807, 2.05) is 11.3 Å². The van der Waals surface area contributed by atoms with Gasteiger partial charge in [0.2, 0.25) is 0 Å². The zero-order valence-corrected chi connectivity index (χ0v) is 14.7. The topological polar surface area (TPSA) is 29.3 Å². The molecule has 0 unspecified atom stereocenters. The van der Waals surface area contributed by atoms with E-state index in [-0.39, 0.29) is 0 Å². The van der Waals surface area contributed by atoms with Crippen LogP contribution in [0.3, 0.4) is 0 Å². The molecule has 0 fully saturated rings. The molecule has 0 saturated heterocycles. The molecule has 0 atom stereocenters. The molecule has 1 aromatic rings. The van der Waals surface area contributed by atoms with Crippen LogP contribution in [0.1, 0.15) is 55.9 Å². The van der Waals surface area contributed by atoms with E-state index in [0.29, 0.717) is 6.54 Å². The Labute approximate surface area is 129 Å². The minimum Gasteiger partial charge on any atom is -0.326 e. The lowest BCUT2D eigenvalue weighted by atomic mass is 10.1. The number of nitrogens with zero attached hydrogens (tertiary/aromatic N) is 1. The van der Waals surface area contributed by atoms with Gasteiger partial charge in [-0.25, -0.2) is 0 Å². The van der Waals surface area contributed by atoms with Gasteiger partial charge in [0.05, 0.1) is 0 Å². The molecule has 1 rings (SSSR count). The average Bonchev–Trinajstić information content (AvgIpc) is 2.73. The van der Waals surface area contributed by atoms with E-state index in [1.165, 1.54) is 41.2 Å². The van der Waals surface area contributed by atoms with E-state index in [1.54, 1.807) is 0 Å². The first kappa shape index (κ1) is 17.7. The predicted molar refractivity (Wildman–Crippen MR) is 91.1 cm³/mol. The van der Waals surface area contributed by atoms with Gasteiger partial charge in [-0.1, -0.05) is 27.7 Å². The van der Waals surface area contributed by atoms with Gasteiger partial charge in [-0.15, -0.1) is 11.3 Å². The minimum atomic E-state index is 0.670. The Balaban J connectivity index is 2.63. The molecule has 2 nitrogen and oxygen atoms in total. The summed E-state index contributed by atoms with van der Waals surface area (Å²) in [5.41, 5.74) is 7.23. The predicted octanol–water partition coefficient (Wildman–Crippen LogP) is 4.41. The maximum Gasteiger partial charge on any atom is 0.0274 e. The number of rotatable bonds is 9. The van der Waals surface area contributed by atoms with Crippen LogP contribution in [-0.2, 0) is 13.1 Å². The van der Waals surface area contributed by atoms with Crippen LogP contribution in [0.15, 0.2) is 6.07 Å². The fraction of sp³-hybridized carbons (Fsp3) is 0.765. The largest absolute Gasteiger partial charge is 0.326 e. The van der Waals surface area contributed by atoms with Gasteiger partial charge >= 0.3 is 0 Å². The summed E-state index contributed by atoms with van der Waals surface area (Å²) in [5.74, 6) is 1.56. The van der Waals surface area contributed by atoms with Crippen molar-refractivity contribution in [3.05, 3.63) is 21.4 Å². The van der Waals surface area contributed by atoms with Gasteiger partial charge < -0.3 is 5.73 Å². The summed E-state index contributed by atoms with van der Waals surface area (Å²) in [6, 6.07) is 2.30. The molecular weight excluding hydrogens is 264 g/mol. The number of hydrogen-bond acceptors (Lipinski definition) is 3. The number of aryl methyl sites for hydroxylation is 1. The second-order valence-corrected chi connectivity index (χ2v) is 7.98. The fourth-order valence-corrected chi connectivity index (χ4v) is 3.17. The quantitative estimate of drug-likeness (QED) is 0.731. The van der Waals surface area contributed by atoms with Crippen LogP contribution in [0.2, 0.25) is 0 Å². The number of thiophene rings is 1. The third-order valence-electron chi connectivity index (χ3n) is 3.71. The van der Waals surface area contributed by atoms with E-state index in [9.17, 15) is 0 Å². The molecular formula is C17H32N2S. The second-order valence-electron chi connectivity index (χ2n) is 6.64. The van der Waals surface area contributed by atoms with Crippen LogP contribution in [0.25, 0.3) is 0 Å². The van der Waals surface area contributed by atoms with Crippen molar-refractivity contribution >= 4 is 11.3 Å². The lowest BCUT2D eigenvalue weighted by Gasteiger charge is -2.24. The highest BCUT2D eigenvalue weighted by Crippen LogP contribution is 2.23. The van der Waals surface area contributed by atoms with Crippen LogP contribution in [0.5, 0.6) is 0 Å². The maximum atomic E-state index is 5.76. The van der Waals surface area contributed by atoms with Gasteiger partial charge in [0.25, 0.3) is 0 Å². The monoisotopic (exact) mass is 296 g/mol. The van der Waals surface area contributed by atoms with Crippen molar-refractivity contribution in [2.45, 2.75) is 60.5 Å². The molecule has 116 valence electrons. The van der Waals surface area contributed by atoms with Crippen molar-refractivity contribution in [3.8, 4) is 0 Å². The molecule has 20 heavy (non-hydrogen) atoms. The highest BCUT2D eigenvalue weighted by molar-refractivity contribution is 7.12. The van der Waals surface area contributed by atoms with Crippen LogP contribution >= 0.6 is 11.3 Å². The SMILES string of the molecule is Cc1sc(CN)cc1CN(CCC(C)C)CCC(C)C. The van der Waals surface area contributed by atoms with Crippen LogP contribution in [0.4, 0.5) is 0 Å². The summed E-state index contributed by atoms with van der Waals surface area (Å²) in [4.78, 5) is 5.37. The first-order chi connectivity index (χ1) is 9.42. The number of hydrogen-bond donors (Lipinski definition) is 1. The Kier molecular flexibility index (Phi) is 7.78. The third kappa shape index (κ3) is 6.38. The van der Waals surface area contributed by atoms with Gasteiger partial charge in [0, 0.05) is 22.8 Å². The standard InChI is InChI=1S/C17H32N2S/c1-13(2)6-8-19(9-7-14(3)4)12-16-10-17(11-18)20-15(16)5/h10,13-14H,6-9,11-12,18H2,1-5H3. The Morgan fingerprint density at radius 2 is 1.65 bits per heavy atom. The van der Waals surface area contributed by atoms with Crippen molar-refractivity contribution in [3.63, 3.8) is 0 Å². The lowest BCUT2D eigenvalue weighted by molar-refractivity contribution is 0.235. The molecule has 3 heteroatoms. The van der Waals surface area contributed by atoms with E-state index < -0.39 is 0 Å². The van der Waals surface area contributed by atoms with E-state index in [4.69, 9.17) is 5.73 Å².